The van der Waals surface area contributed by atoms with Crippen LogP contribution in [0.25, 0.3) is 11.4 Å². The minimum atomic E-state index is -3.48. The van der Waals surface area contributed by atoms with Gasteiger partial charge in [0.25, 0.3) is 10.0 Å². The number of anilines is 3. The topological polar surface area (TPSA) is 156 Å². The second-order valence-corrected chi connectivity index (χ2v) is 13.6. The predicted octanol–water partition coefficient (Wildman–Crippen LogP) is 2.69. The molecule has 2 aliphatic rings. The van der Waals surface area contributed by atoms with Crippen molar-refractivity contribution in [2.75, 3.05) is 31.3 Å². The summed E-state index contributed by atoms with van der Waals surface area (Å²) in [6.45, 7) is 1.67. The first-order valence-corrected chi connectivity index (χ1v) is 16.3. The molecular formula is C30H36N10O3S. The van der Waals surface area contributed by atoms with Gasteiger partial charge in [0.2, 0.25) is 0 Å². The molecule has 0 amide bonds. The van der Waals surface area contributed by atoms with Gasteiger partial charge in [-0.05, 0) is 58.7 Å². The Morgan fingerprint density at radius 3 is 2.59 bits per heavy atom. The molecule has 0 spiro atoms. The van der Waals surface area contributed by atoms with Crippen molar-refractivity contribution >= 4 is 27.3 Å². The number of hydrogen-bond acceptors (Lipinski definition) is 11. The van der Waals surface area contributed by atoms with Gasteiger partial charge in [0, 0.05) is 37.2 Å². The molecule has 4 aromatic rings. The summed E-state index contributed by atoms with van der Waals surface area (Å²) in [6.07, 6.45) is 14.2. The van der Waals surface area contributed by atoms with Crippen LogP contribution in [0.15, 0.2) is 49.3 Å². The standard InChI is InChI=1S/C30H36N10O3S/c1-38(2)13-14-39-19-21(16-33-39)3-4-22-17-32-29(15-27(22)35-24-5-7-25(41)8-6-24)36-28-11-12-31-30(37-28)23-18-34-40(20-23)44(42,43)26-9-10-26/h11-12,15-20,24-26,41H,5-10,13-14H2,1-2H3,(H2,31,32,35,36,37). The fourth-order valence-electron chi connectivity index (χ4n) is 4.95. The van der Waals surface area contributed by atoms with Crippen molar-refractivity contribution in [1.29, 1.82) is 0 Å². The fourth-order valence-corrected chi connectivity index (χ4v) is 6.43. The Kier molecular flexibility index (Phi) is 8.60. The Labute approximate surface area is 256 Å². The van der Waals surface area contributed by atoms with Gasteiger partial charge in [-0.2, -0.15) is 14.3 Å². The van der Waals surface area contributed by atoms with Crippen molar-refractivity contribution in [3.8, 4) is 23.2 Å². The van der Waals surface area contributed by atoms with Gasteiger partial charge in [-0.15, -0.1) is 0 Å². The maximum Gasteiger partial charge on any atom is 0.256 e. The van der Waals surface area contributed by atoms with Crippen LogP contribution in [0.3, 0.4) is 0 Å². The summed E-state index contributed by atoms with van der Waals surface area (Å²) >= 11 is 0. The Morgan fingerprint density at radius 1 is 1.00 bits per heavy atom. The van der Waals surface area contributed by atoms with Crippen molar-refractivity contribution < 1.29 is 13.5 Å². The van der Waals surface area contributed by atoms with Crippen molar-refractivity contribution in [2.45, 2.75) is 62.5 Å². The first kappa shape index (κ1) is 29.7. The average molecular weight is 617 g/mol. The lowest BCUT2D eigenvalue weighted by molar-refractivity contribution is 0.126. The number of aliphatic hydroxyl groups excluding tert-OH is 1. The zero-order valence-corrected chi connectivity index (χ0v) is 25.6. The van der Waals surface area contributed by atoms with E-state index in [0.717, 1.165) is 59.7 Å². The first-order chi connectivity index (χ1) is 21.2. The van der Waals surface area contributed by atoms with E-state index in [-0.39, 0.29) is 17.4 Å². The van der Waals surface area contributed by atoms with Crippen LogP contribution in [-0.2, 0) is 16.6 Å². The van der Waals surface area contributed by atoms with Gasteiger partial charge in [0.1, 0.15) is 11.6 Å². The number of hydrogen-bond donors (Lipinski definition) is 3. The van der Waals surface area contributed by atoms with E-state index in [1.807, 2.05) is 31.0 Å². The molecule has 0 atom stereocenters. The highest BCUT2D eigenvalue weighted by Gasteiger charge is 2.37. The minimum Gasteiger partial charge on any atom is -0.393 e. The largest absolute Gasteiger partial charge is 0.393 e. The summed E-state index contributed by atoms with van der Waals surface area (Å²) in [4.78, 5) is 15.6. The molecular weight excluding hydrogens is 580 g/mol. The molecule has 4 heterocycles. The third kappa shape index (κ3) is 7.24. The van der Waals surface area contributed by atoms with Crippen molar-refractivity contribution in [3.05, 3.63) is 60.4 Å². The third-order valence-electron chi connectivity index (χ3n) is 7.65. The van der Waals surface area contributed by atoms with Gasteiger partial charge in [0.15, 0.2) is 5.82 Å². The fraction of sp³-hybridized carbons (Fsp3) is 0.433. The van der Waals surface area contributed by atoms with E-state index in [9.17, 15) is 13.5 Å². The Hall–Kier alpha value is -4.32. The zero-order chi connectivity index (χ0) is 30.7. The lowest BCUT2D eigenvalue weighted by Gasteiger charge is -2.27. The first-order valence-electron chi connectivity index (χ1n) is 14.8. The molecule has 2 fully saturated rings. The maximum absolute atomic E-state index is 12.5. The number of nitrogens with one attached hydrogen (secondary N) is 2. The van der Waals surface area contributed by atoms with Crippen LogP contribution < -0.4 is 10.6 Å². The van der Waals surface area contributed by atoms with Gasteiger partial charge in [0.05, 0.1) is 58.9 Å². The number of rotatable bonds is 10. The van der Waals surface area contributed by atoms with E-state index >= 15 is 0 Å². The molecule has 3 N–H and O–H groups in total. The molecule has 13 nitrogen and oxygen atoms in total. The summed E-state index contributed by atoms with van der Waals surface area (Å²) in [7, 11) is 0.580. The Bertz CT molecular complexity index is 1780. The van der Waals surface area contributed by atoms with Gasteiger partial charge in [-0.3, -0.25) is 4.68 Å². The Balaban J connectivity index is 1.22. The van der Waals surface area contributed by atoms with Gasteiger partial charge >= 0.3 is 0 Å². The number of aromatic nitrogens is 7. The van der Waals surface area contributed by atoms with E-state index in [2.05, 4.69) is 52.5 Å². The van der Waals surface area contributed by atoms with E-state index in [4.69, 9.17) is 0 Å². The summed E-state index contributed by atoms with van der Waals surface area (Å²) in [5.74, 6) is 7.87. The SMILES string of the molecule is CN(C)CCn1cc(C#Cc2cnc(Nc3ccnc(-c4cnn(S(=O)(=O)C5CC5)c4)n3)cc2NC2CCC(O)CC2)cn1. The molecule has 230 valence electrons. The highest BCUT2D eigenvalue weighted by molar-refractivity contribution is 7.90. The molecule has 2 saturated carbocycles. The molecule has 2 aliphatic carbocycles. The van der Waals surface area contributed by atoms with E-state index in [1.165, 1.54) is 12.4 Å². The molecule has 14 heteroatoms. The molecule has 0 unspecified atom stereocenters. The van der Waals surface area contributed by atoms with E-state index in [0.29, 0.717) is 35.9 Å². The maximum atomic E-state index is 12.5. The summed E-state index contributed by atoms with van der Waals surface area (Å²) in [6, 6.07) is 3.82. The van der Waals surface area contributed by atoms with Gasteiger partial charge in [-0.1, -0.05) is 11.8 Å². The smallest absolute Gasteiger partial charge is 0.256 e. The predicted molar refractivity (Wildman–Crippen MR) is 167 cm³/mol. The number of pyridine rings is 1. The second kappa shape index (κ2) is 12.7. The molecule has 0 aliphatic heterocycles. The summed E-state index contributed by atoms with van der Waals surface area (Å²) in [5, 5.41) is 24.9. The van der Waals surface area contributed by atoms with Crippen LogP contribution >= 0.6 is 0 Å². The summed E-state index contributed by atoms with van der Waals surface area (Å²) in [5.41, 5.74) is 2.90. The average Bonchev–Trinajstić information content (AvgIpc) is 3.58. The quantitative estimate of drug-likeness (QED) is 0.225. The van der Waals surface area contributed by atoms with Crippen LogP contribution in [0.1, 0.15) is 49.7 Å². The highest BCUT2D eigenvalue weighted by Crippen LogP contribution is 2.30. The molecule has 0 aromatic carbocycles. The lowest BCUT2D eigenvalue weighted by Crippen LogP contribution is -2.28. The lowest BCUT2D eigenvalue weighted by atomic mass is 9.93. The van der Waals surface area contributed by atoms with Crippen molar-refractivity contribution in [2.24, 2.45) is 0 Å². The van der Waals surface area contributed by atoms with Crippen LogP contribution in [-0.4, -0.2) is 90.4 Å². The molecule has 4 aromatic heterocycles. The molecule has 44 heavy (non-hydrogen) atoms. The number of aliphatic hydroxyl groups is 1. The van der Waals surface area contributed by atoms with Crippen molar-refractivity contribution in [3.63, 3.8) is 0 Å². The van der Waals surface area contributed by atoms with Crippen LogP contribution in [0.4, 0.5) is 17.3 Å². The van der Waals surface area contributed by atoms with E-state index in [1.54, 1.807) is 24.7 Å². The van der Waals surface area contributed by atoms with Gasteiger partial charge in [-0.25, -0.2) is 23.4 Å². The number of likely N-dealkylation sites (N-methyl/N-ethyl adjacent to an activating group) is 1. The normalized spacial score (nSPS) is 18.5. The van der Waals surface area contributed by atoms with Crippen molar-refractivity contribution in [1.82, 2.24) is 38.8 Å². The van der Waals surface area contributed by atoms with Crippen LogP contribution in [0.2, 0.25) is 0 Å². The Morgan fingerprint density at radius 2 is 1.82 bits per heavy atom. The minimum absolute atomic E-state index is 0.206. The summed E-state index contributed by atoms with van der Waals surface area (Å²) < 4.78 is 28.0. The highest BCUT2D eigenvalue weighted by atomic mass is 32.2. The molecule has 0 bridgehead atoms. The molecule has 6 rings (SSSR count). The van der Waals surface area contributed by atoms with E-state index < -0.39 is 10.0 Å². The van der Waals surface area contributed by atoms with Crippen LogP contribution in [0.5, 0.6) is 0 Å². The zero-order valence-electron chi connectivity index (χ0n) is 24.8. The number of nitrogens with zero attached hydrogens (tertiary/aromatic N) is 8. The monoisotopic (exact) mass is 616 g/mol. The van der Waals surface area contributed by atoms with Crippen LogP contribution in [0, 0.1) is 11.8 Å². The van der Waals surface area contributed by atoms with Gasteiger partial charge < -0.3 is 20.6 Å². The second-order valence-electron chi connectivity index (χ2n) is 11.5. The molecule has 0 saturated heterocycles. The molecule has 0 radical (unpaired) electrons. The third-order valence-corrected chi connectivity index (χ3v) is 9.68.